The van der Waals surface area contributed by atoms with Gasteiger partial charge in [-0.3, -0.25) is 0 Å². The van der Waals surface area contributed by atoms with Crippen LogP contribution in [-0.2, 0) is 5.88 Å². The molecule has 0 spiro atoms. The summed E-state index contributed by atoms with van der Waals surface area (Å²) in [5.74, 6) is -0.333. The summed E-state index contributed by atoms with van der Waals surface area (Å²) < 4.78 is 18.8. The third-order valence-corrected chi connectivity index (χ3v) is 2.90. The molecule has 0 radical (unpaired) electrons. The molecule has 0 bridgehead atoms. The van der Waals surface area contributed by atoms with E-state index in [0.717, 1.165) is 5.56 Å². The lowest BCUT2D eigenvalue weighted by Gasteiger charge is -2.07. The first-order chi connectivity index (χ1) is 8.61. The van der Waals surface area contributed by atoms with E-state index < -0.39 is 5.82 Å². The van der Waals surface area contributed by atoms with Gasteiger partial charge in [0.25, 0.3) is 0 Å². The molecule has 94 valence electrons. The van der Waals surface area contributed by atoms with Crippen molar-refractivity contribution in [2.45, 2.75) is 12.8 Å². The zero-order chi connectivity index (χ0) is 13.1. The van der Waals surface area contributed by atoms with Gasteiger partial charge < -0.3 is 4.74 Å². The van der Waals surface area contributed by atoms with E-state index in [1.165, 1.54) is 12.1 Å². The van der Waals surface area contributed by atoms with Crippen LogP contribution in [0.3, 0.4) is 0 Å². The van der Waals surface area contributed by atoms with Crippen LogP contribution >= 0.6 is 23.2 Å². The second kappa shape index (κ2) is 5.50. The number of hydrogen-bond acceptors (Lipinski definition) is 3. The Balaban J connectivity index is 2.29. The molecule has 1 aromatic heterocycles. The lowest BCUT2D eigenvalue weighted by atomic mass is 10.3. The molecule has 0 atom stereocenters. The molecule has 0 aliphatic carbocycles. The largest absolute Gasteiger partial charge is 0.421 e. The molecule has 1 heterocycles. The predicted octanol–water partition coefficient (Wildman–Crippen LogP) is 4.11. The second-order valence-electron chi connectivity index (χ2n) is 3.55. The highest BCUT2D eigenvalue weighted by Crippen LogP contribution is 2.27. The van der Waals surface area contributed by atoms with Gasteiger partial charge in [0.15, 0.2) is 11.6 Å². The normalized spacial score (nSPS) is 10.4. The molecule has 0 saturated carbocycles. The maximum Gasteiger partial charge on any atom is 0.322 e. The van der Waals surface area contributed by atoms with Crippen LogP contribution in [0.4, 0.5) is 4.39 Å². The molecule has 0 N–H and O–H groups in total. The summed E-state index contributed by atoms with van der Waals surface area (Å²) >= 11 is 11.3. The van der Waals surface area contributed by atoms with Crippen LogP contribution in [0.25, 0.3) is 0 Å². The smallest absolute Gasteiger partial charge is 0.322 e. The molecule has 0 saturated heterocycles. The van der Waals surface area contributed by atoms with Gasteiger partial charge in [-0.25, -0.2) is 9.37 Å². The summed E-state index contributed by atoms with van der Waals surface area (Å²) in [7, 11) is 0. The van der Waals surface area contributed by atoms with Gasteiger partial charge in [-0.05, 0) is 19.1 Å². The number of ether oxygens (including phenoxy) is 1. The molecule has 1 aromatic carbocycles. The van der Waals surface area contributed by atoms with E-state index >= 15 is 0 Å². The van der Waals surface area contributed by atoms with Gasteiger partial charge in [0.1, 0.15) is 0 Å². The highest BCUT2D eigenvalue weighted by molar-refractivity contribution is 6.30. The van der Waals surface area contributed by atoms with Gasteiger partial charge in [-0.1, -0.05) is 17.7 Å². The van der Waals surface area contributed by atoms with E-state index in [4.69, 9.17) is 27.9 Å². The monoisotopic (exact) mass is 286 g/mol. The van der Waals surface area contributed by atoms with Crippen molar-refractivity contribution in [2.24, 2.45) is 0 Å². The topological polar surface area (TPSA) is 35.0 Å². The number of benzene rings is 1. The molecule has 0 unspecified atom stereocenters. The van der Waals surface area contributed by atoms with Crippen LogP contribution in [0.5, 0.6) is 11.8 Å². The Morgan fingerprint density at radius 2 is 2.17 bits per heavy atom. The molecule has 6 heteroatoms. The van der Waals surface area contributed by atoms with E-state index in [1.807, 2.05) is 0 Å². The van der Waals surface area contributed by atoms with Crippen molar-refractivity contribution in [3.8, 4) is 11.8 Å². The van der Waals surface area contributed by atoms with Gasteiger partial charge in [-0.15, -0.1) is 11.6 Å². The maximum atomic E-state index is 13.6. The summed E-state index contributed by atoms with van der Waals surface area (Å²) in [6, 6.07) is 4.53. The number of aryl methyl sites for hydroxylation is 1. The summed E-state index contributed by atoms with van der Waals surface area (Å²) in [5, 5.41) is -0.0124. The summed E-state index contributed by atoms with van der Waals surface area (Å²) in [6.45, 7) is 1.78. The zero-order valence-electron chi connectivity index (χ0n) is 9.45. The van der Waals surface area contributed by atoms with E-state index in [9.17, 15) is 4.39 Å². The Morgan fingerprint density at radius 3 is 2.83 bits per heavy atom. The molecule has 0 amide bonds. The molecule has 2 aromatic rings. The lowest BCUT2D eigenvalue weighted by molar-refractivity contribution is 0.409. The first kappa shape index (κ1) is 13.1. The minimum Gasteiger partial charge on any atom is -0.421 e. The van der Waals surface area contributed by atoms with Crippen molar-refractivity contribution in [1.29, 1.82) is 0 Å². The van der Waals surface area contributed by atoms with Gasteiger partial charge >= 0.3 is 6.01 Å². The van der Waals surface area contributed by atoms with Crippen molar-refractivity contribution in [1.82, 2.24) is 9.97 Å². The third kappa shape index (κ3) is 2.71. The molecule has 0 aliphatic rings. The molecule has 0 aliphatic heterocycles. The Labute approximate surface area is 114 Å². The number of nitrogens with zero attached hydrogens (tertiary/aromatic N) is 2. The third-order valence-electron chi connectivity index (χ3n) is 2.32. The van der Waals surface area contributed by atoms with Crippen LogP contribution in [0.2, 0.25) is 5.02 Å². The first-order valence-electron chi connectivity index (χ1n) is 5.12. The zero-order valence-corrected chi connectivity index (χ0v) is 11.0. The van der Waals surface area contributed by atoms with E-state index in [2.05, 4.69) is 9.97 Å². The van der Waals surface area contributed by atoms with Crippen molar-refractivity contribution < 1.29 is 9.13 Å². The van der Waals surface area contributed by atoms with Crippen molar-refractivity contribution in [3.63, 3.8) is 0 Å². The summed E-state index contributed by atoms with van der Waals surface area (Å²) in [4.78, 5) is 8.03. The van der Waals surface area contributed by atoms with Crippen LogP contribution < -0.4 is 4.74 Å². The number of alkyl halides is 1. The second-order valence-corrected chi connectivity index (χ2v) is 4.23. The van der Waals surface area contributed by atoms with Crippen molar-refractivity contribution in [3.05, 3.63) is 46.5 Å². The van der Waals surface area contributed by atoms with Gasteiger partial charge in [0.2, 0.25) is 0 Å². The van der Waals surface area contributed by atoms with E-state index in [1.54, 1.807) is 19.2 Å². The standard InChI is InChI=1S/C12H9Cl2FN2O/c1-7-8(5-13)6-16-12(17-7)18-10-4-2-3-9(14)11(10)15/h2-4,6H,5H2,1H3. The fourth-order valence-corrected chi connectivity index (χ4v) is 1.74. The minimum atomic E-state index is -0.637. The average molecular weight is 287 g/mol. The Morgan fingerprint density at radius 1 is 1.39 bits per heavy atom. The molecular weight excluding hydrogens is 278 g/mol. The summed E-state index contributed by atoms with van der Waals surface area (Å²) in [5.41, 5.74) is 1.49. The molecular formula is C12H9Cl2FN2O. The highest BCUT2D eigenvalue weighted by Gasteiger charge is 2.10. The van der Waals surface area contributed by atoms with E-state index in [-0.39, 0.29) is 16.8 Å². The number of hydrogen-bond donors (Lipinski definition) is 0. The fourth-order valence-electron chi connectivity index (χ4n) is 1.31. The SMILES string of the molecule is Cc1nc(Oc2cccc(Cl)c2F)ncc1CCl. The summed E-state index contributed by atoms with van der Waals surface area (Å²) in [6.07, 6.45) is 1.55. The minimum absolute atomic E-state index is 0.0124. The van der Waals surface area contributed by atoms with Gasteiger partial charge in [0, 0.05) is 17.5 Å². The van der Waals surface area contributed by atoms with Crippen LogP contribution in [0.1, 0.15) is 11.3 Å². The van der Waals surface area contributed by atoms with Gasteiger partial charge in [0.05, 0.1) is 10.9 Å². The van der Waals surface area contributed by atoms with Crippen molar-refractivity contribution in [2.75, 3.05) is 0 Å². The molecule has 18 heavy (non-hydrogen) atoms. The maximum absolute atomic E-state index is 13.6. The molecule has 2 rings (SSSR count). The van der Waals surface area contributed by atoms with Crippen LogP contribution in [0.15, 0.2) is 24.4 Å². The Bertz CT molecular complexity index is 578. The first-order valence-corrected chi connectivity index (χ1v) is 6.03. The van der Waals surface area contributed by atoms with Crippen molar-refractivity contribution >= 4 is 23.2 Å². The number of aromatic nitrogens is 2. The molecule has 0 fully saturated rings. The Hall–Kier alpha value is -1.39. The Kier molecular flexibility index (Phi) is 3.99. The molecule has 3 nitrogen and oxygen atoms in total. The quantitative estimate of drug-likeness (QED) is 0.797. The number of rotatable bonds is 3. The highest BCUT2D eigenvalue weighted by atomic mass is 35.5. The van der Waals surface area contributed by atoms with Crippen LogP contribution in [-0.4, -0.2) is 9.97 Å². The predicted molar refractivity (Wildman–Crippen MR) is 67.8 cm³/mol. The fraction of sp³-hybridized carbons (Fsp3) is 0.167. The number of halogens is 3. The van der Waals surface area contributed by atoms with Crippen LogP contribution in [0, 0.1) is 12.7 Å². The van der Waals surface area contributed by atoms with Gasteiger partial charge in [-0.2, -0.15) is 4.98 Å². The van der Waals surface area contributed by atoms with E-state index in [0.29, 0.717) is 11.6 Å². The average Bonchev–Trinajstić information content (AvgIpc) is 2.35. The lowest BCUT2D eigenvalue weighted by Crippen LogP contribution is -1.98.